The molecule has 1 aliphatic heterocycles. The van der Waals surface area contributed by atoms with Gasteiger partial charge < -0.3 is 19.1 Å². The highest BCUT2D eigenvalue weighted by molar-refractivity contribution is 5.83. The standard InChI is InChI=1S/C14H16N2O4/c1-3-9(14(17)18)16-10-6-12-11(19-7-20-12)5-8(10)15-13(16)4-2/h5-6,9H,3-4,7H2,1-2H3,(H,17,18). The number of hydrogen-bond acceptors (Lipinski definition) is 4. The molecule has 20 heavy (non-hydrogen) atoms. The molecule has 2 aromatic rings. The lowest BCUT2D eigenvalue weighted by atomic mass is 10.2. The Morgan fingerprint density at radius 3 is 2.70 bits per heavy atom. The third kappa shape index (κ3) is 1.79. The first kappa shape index (κ1) is 12.8. The molecule has 6 heteroatoms. The van der Waals surface area contributed by atoms with Crippen molar-refractivity contribution in [3.8, 4) is 11.5 Å². The summed E-state index contributed by atoms with van der Waals surface area (Å²) in [5, 5.41) is 9.41. The number of fused-ring (bicyclic) bond motifs is 2. The van der Waals surface area contributed by atoms with Crippen molar-refractivity contribution in [2.75, 3.05) is 6.79 Å². The Kier molecular flexibility index (Phi) is 3.00. The van der Waals surface area contributed by atoms with Gasteiger partial charge in [0.05, 0.1) is 11.0 Å². The summed E-state index contributed by atoms with van der Waals surface area (Å²) in [6.07, 6.45) is 1.17. The third-order valence-corrected chi connectivity index (χ3v) is 3.56. The molecule has 1 aliphatic rings. The fourth-order valence-electron chi connectivity index (χ4n) is 2.60. The number of carboxylic acid groups (broad SMARTS) is 1. The second-order valence-corrected chi connectivity index (χ2v) is 4.71. The van der Waals surface area contributed by atoms with Gasteiger partial charge in [-0.3, -0.25) is 0 Å². The van der Waals surface area contributed by atoms with Gasteiger partial charge >= 0.3 is 5.97 Å². The van der Waals surface area contributed by atoms with Crippen LogP contribution in [0, 0.1) is 0 Å². The Bertz CT molecular complexity index is 677. The van der Waals surface area contributed by atoms with Gasteiger partial charge in [0.25, 0.3) is 0 Å². The van der Waals surface area contributed by atoms with Gasteiger partial charge in [0.15, 0.2) is 11.5 Å². The predicted molar refractivity (Wildman–Crippen MR) is 72.2 cm³/mol. The highest BCUT2D eigenvalue weighted by atomic mass is 16.7. The second kappa shape index (κ2) is 4.70. The highest BCUT2D eigenvalue weighted by Gasteiger charge is 2.25. The first-order valence-electron chi connectivity index (χ1n) is 6.69. The fourth-order valence-corrected chi connectivity index (χ4v) is 2.60. The van der Waals surface area contributed by atoms with Crippen molar-refractivity contribution in [2.45, 2.75) is 32.7 Å². The van der Waals surface area contributed by atoms with Crippen LogP contribution in [0.2, 0.25) is 0 Å². The minimum atomic E-state index is -0.848. The Balaban J connectivity index is 2.25. The number of ether oxygens (including phenoxy) is 2. The second-order valence-electron chi connectivity index (χ2n) is 4.71. The summed E-state index contributed by atoms with van der Waals surface area (Å²) >= 11 is 0. The molecule has 1 aromatic heterocycles. The van der Waals surface area contributed by atoms with Gasteiger partial charge in [0.1, 0.15) is 11.9 Å². The van der Waals surface area contributed by atoms with Crippen LogP contribution in [0.3, 0.4) is 0 Å². The molecule has 0 fully saturated rings. The minimum Gasteiger partial charge on any atom is -0.480 e. The number of aliphatic carboxylic acids is 1. The molecule has 6 nitrogen and oxygen atoms in total. The monoisotopic (exact) mass is 276 g/mol. The predicted octanol–water partition coefficient (Wildman–Crippen LogP) is 2.36. The molecule has 1 unspecified atom stereocenters. The van der Waals surface area contributed by atoms with Crippen LogP contribution in [0.4, 0.5) is 0 Å². The maximum absolute atomic E-state index is 11.5. The Labute approximate surface area is 115 Å². The third-order valence-electron chi connectivity index (χ3n) is 3.56. The van der Waals surface area contributed by atoms with Gasteiger partial charge in [-0.15, -0.1) is 0 Å². The van der Waals surface area contributed by atoms with Crippen molar-refractivity contribution in [1.82, 2.24) is 9.55 Å². The van der Waals surface area contributed by atoms with E-state index < -0.39 is 12.0 Å². The minimum absolute atomic E-state index is 0.193. The van der Waals surface area contributed by atoms with Crippen LogP contribution >= 0.6 is 0 Å². The molecular weight excluding hydrogens is 260 g/mol. The summed E-state index contributed by atoms with van der Waals surface area (Å²) in [6.45, 7) is 4.02. The largest absolute Gasteiger partial charge is 0.480 e. The molecule has 2 heterocycles. The first-order chi connectivity index (χ1) is 9.65. The van der Waals surface area contributed by atoms with E-state index in [-0.39, 0.29) is 6.79 Å². The molecule has 0 amide bonds. The number of carboxylic acids is 1. The number of rotatable bonds is 4. The Morgan fingerprint density at radius 2 is 2.10 bits per heavy atom. The van der Waals surface area contributed by atoms with Crippen LogP contribution in [0.1, 0.15) is 32.1 Å². The highest BCUT2D eigenvalue weighted by Crippen LogP contribution is 2.37. The maximum Gasteiger partial charge on any atom is 0.326 e. The van der Waals surface area contributed by atoms with Crippen LogP contribution in [0.15, 0.2) is 12.1 Å². The molecular formula is C14H16N2O4. The number of aromatic nitrogens is 2. The molecule has 0 bridgehead atoms. The lowest BCUT2D eigenvalue weighted by Gasteiger charge is -2.15. The average Bonchev–Trinajstić information content (AvgIpc) is 3.01. The summed E-state index contributed by atoms with van der Waals surface area (Å²) in [5.41, 5.74) is 1.52. The van der Waals surface area contributed by atoms with Gasteiger partial charge in [-0.2, -0.15) is 0 Å². The van der Waals surface area contributed by atoms with Gasteiger partial charge in [0.2, 0.25) is 6.79 Å². The summed E-state index contributed by atoms with van der Waals surface area (Å²) in [6, 6.07) is 3.01. The van der Waals surface area contributed by atoms with Crippen molar-refractivity contribution in [3.63, 3.8) is 0 Å². The SMILES string of the molecule is CCc1nc2cc3c(cc2n1C(CC)C(=O)O)OCO3. The molecule has 0 radical (unpaired) electrons. The maximum atomic E-state index is 11.5. The van der Waals surface area contributed by atoms with E-state index in [1.165, 1.54) is 0 Å². The molecule has 0 aliphatic carbocycles. The zero-order chi connectivity index (χ0) is 14.3. The molecule has 106 valence electrons. The number of carbonyl (C=O) groups is 1. The Hall–Kier alpha value is -2.24. The zero-order valence-electron chi connectivity index (χ0n) is 11.4. The van der Waals surface area contributed by atoms with Crippen molar-refractivity contribution >= 4 is 17.0 Å². The molecule has 0 spiro atoms. The Morgan fingerprint density at radius 1 is 1.40 bits per heavy atom. The van der Waals surface area contributed by atoms with E-state index in [2.05, 4.69) is 4.98 Å². The molecule has 3 rings (SSSR count). The van der Waals surface area contributed by atoms with Crippen LogP contribution in [-0.4, -0.2) is 27.4 Å². The summed E-state index contributed by atoms with van der Waals surface area (Å²) in [5.74, 6) is 1.21. The van der Waals surface area contributed by atoms with Gasteiger partial charge in [-0.1, -0.05) is 13.8 Å². The van der Waals surface area contributed by atoms with Gasteiger partial charge in [0, 0.05) is 18.6 Å². The van der Waals surface area contributed by atoms with Crippen LogP contribution in [0.25, 0.3) is 11.0 Å². The van der Waals surface area contributed by atoms with Crippen LogP contribution in [0.5, 0.6) is 11.5 Å². The van der Waals surface area contributed by atoms with Gasteiger partial charge in [-0.25, -0.2) is 9.78 Å². The van der Waals surface area contributed by atoms with E-state index in [9.17, 15) is 9.90 Å². The van der Waals surface area contributed by atoms with Crippen molar-refractivity contribution in [3.05, 3.63) is 18.0 Å². The van der Waals surface area contributed by atoms with Crippen molar-refractivity contribution in [1.29, 1.82) is 0 Å². The van der Waals surface area contributed by atoms with Crippen molar-refractivity contribution in [2.24, 2.45) is 0 Å². The fraction of sp³-hybridized carbons (Fsp3) is 0.429. The smallest absolute Gasteiger partial charge is 0.326 e. The lowest BCUT2D eigenvalue weighted by molar-refractivity contribution is -0.140. The van der Waals surface area contributed by atoms with Crippen LogP contribution < -0.4 is 9.47 Å². The molecule has 0 saturated carbocycles. The lowest BCUT2D eigenvalue weighted by Crippen LogP contribution is -2.20. The number of nitrogens with zero attached hydrogens (tertiary/aromatic N) is 2. The van der Waals surface area contributed by atoms with Crippen LogP contribution in [-0.2, 0) is 11.2 Å². The van der Waals surface area contributed by atoms with E-state index in [4.69, 9.17) is 9.47 Å². The topological polar surface area (TPSA) is 73.6 Å². The zero-order valence-corrected chi connectivity index (χ0v) is 11.4. The van der Waals surface area contributed by atoms with Gasteiger partial charge in [-0.05, 0) is 6.42 Å². The van der Waals surface area contributed by atoms with E-state index in [0.29, 0.717) is 24.3 Å². The average molecular weight is 276 g/mol. The van der Waals surface area contributed by atoms with Crippen molar-refractivity contribution < 1.29 is 19.4 Å². The molecule has 1 aromatic carbocycles. The van der Waals surface area contributed by atoms with E-state index >= 15 is 0 Å². The van der Waals surface area contributed by atoms with E-state index in [1.807, 2.05) is 26.0 Å². The number of hydrogen-bond donors (Lipinski definition) is 1. The molecule has 1 atom stereocenters. The number of aryl methyl sites for hydroxylation is 1. The summed E-state index contributed by atoms with van der Waals surface area (Å²) < 4.78 is 12.5. The summed E-state index contributed by atoms with van der Waals surface area (Å²) in [4.78, 5) is 16.0. The quantitative estimate of drug-likeness (QED) is 0.928. The molecule has 1 N–H and O–H groups in total. The van der Waals surface area contributed by atoms with E-state index in [1.54, 1.807) is 4.57 Å². The number of benzene rings is 1. The summed E-state index contributed by atoms with van der Waals surface area (Å²) in [7, 11) is 0. The van der Waals surface area contributed by atoms with E-state index in [0.717, 1.165) is 16.9 Å². The number of imidazole rings is 1. The molecule has 0 saturated heterocycles. The normalized spacial score (nSPS) is 14.7. The first-order valence-corrected chi connectivity index (χ1v) is 6.69.